The zero-order valence-corrected chi connectivity index (χ0v) is 26.3. The smallest absolute Gasteiger partial charge is 0.168 e. The lowest BCUT2D eigenvalue weighted by Gasteiger charge is -2.29. The van der Waals surface area contributed by atoms with Gasteiger partial charge in [0.15, 0.2) is 5.79 Å². The van der Waals surface area contributed by atoms with Crippen molar-refractivity contribution in [3.63, 3.8) is 0 Å². The molecule has 0 N–H and O–H groups in total. The highest BCUT2D eigenvalue weighted by Crippen LogP contribution is 2.35. The van der Waals surface area contributed by atoms with Crippen LogP contribution in [0.1, 0.15) is 162 Å². The molecular weight excluding hydrogens is 466 g/mol. The van der Waals surface area contributed by atoms with Gasteiger partial charge in [-0.1, -0.05) is 122 Å². The van der Waals surface area contributed by atoms with Crippen LogP contribution in [0.2, 0.25) is 0 Å². The highest BCUT2D eigenvalue weighted by Gasteiger charge is 2.40. The molecule has 38 heavy (non-hydrogen) atoms. The van der Waals surface area contributed by atoms with E-state index in [9.17, 15) is 0 Å². The van der Waals surface area contributed by atoms with Gasteiger partial charge >= 0.3 is 0 Å². The lowest BCUT2D eigenvalue weighted by Crippen LogP contribution is -2.31. The summed E-state index contributed by atoms with van der Waals surface area (Å²) in [6.07, 6.45) is 39.4. The minimum absolute atomic E-state index is 0.274. The predicted octanol–water partition coefficient (Wildman–Crippen LogP) is 10.8. The van der Waals surface area contributed by atoms with Gasteiger partial charge in [-0.15, -0.1) is 0 Å². The predicted molar refractivity (Wildman–Crippen MR) is 168 cm³/mol. The molecular formula is C35H67NO2. The Morgan fingerprint density at radius 2 is 1.11 bits per heavy atom. The lowest BCUT2D eigenvalue weighted by atomic mass is 9.98. The number of nitrogens with zero attached hydrogens (tertiary/aromatic N) is 1. The fraction of sp³-hybridized carbons (Fsp3) is 0.886. The van der Waals surface area contributed by atoms with Crippen LogP contribution in [-0.4, -0.2) is 44.0 Å². The van der Waals surface area contributed by atoms with E-state index in [1.54, 1.807) is 0 Å². The number of rotatable bonds is 27. The van der Waals surface area contributed by atoms with Crippen molar-refractivity contribution in [1.29, 1.82) is 0 Å². The third-order valence-electron chi connectivity index (χ3n) is 7.98. The molecule has 0 saturated carbocycles. The summed E-state index contributed by atoms with van der Waals surface area (Å²) in [5.74, 6) is -0.297. The second kappa shape index (κ2) is 25.3. The normalized spacial score (nSPS) is 20.1. The maximum Gasteiger partial charge on any atom is 0.168 e. The summed E-state index contributed by atoms with van der Waals surface area (Å²) in [7, 11) is 4.29. The minimum atomic E-state index is -0.297. The number of allylic oxidation sites excluding steroid dienone is 4. The van der Waals surface area contributed by atoms with Gasteiger partial charge in [0.1, 0.15) is 0 Å². The van der Waals surface area contributed by atoms with Gasteiger partial charge in [0.2, 0.25) is 0 Å². The first-order valence-electron chi connectivity index (χ1n) is 16.9. The van der Waals surface area contributed by atoms with Crippen LogP contribution < -0.4 is 0 Å². The molecule has 3 heteroatoms. The van der Waals surface area contributed by atoms with E-state index in [4.69, 9.17) is 9.47 Å². The molecule has 3 nitrogen and oxygen atoms in total. The van der Waals surface area contributed by atoms with E-state index in [-0.39, 0.29) is 11.9 Å². The Balaban J connectivity index is 2.17. The third kappa shape index (κ3) is 20.3. The van der Waals surface area contributed by atoms with Gasteiger partial charge in [-0.05, 0) is 65.5 Å². The van der Waals surface area contributed by atoms with Gasteiger partial charge in [-0.2, -0.15) is 0 Å². The van der Waals surface area contributed by atoms with Gasteiger partial charge in [0.05, 0.1) is 12.7 Å². The Labute approximate surface area is 239 Å². The van der Waals surface area contributed by atoms with Crippen molar-refractivity contribution >= 4 is 0 Å². The second-order valence-corrected chi connectivity index (χ2v) is 12.1. The number of hydrogen-bond acceptors (Lipinski definition) is 3. The maximum atomic E-state index is 6.62. The first-order valence-corrected chi connectivity index (χ1v) is 16.9. The van der Waals surface area contributed by atoms with Gasteiger partial charge in [0, 0.05) is 19.4 Å². The quantitative estimate of drug-likeness (QED) is 0.0774. The van der Waals surface area contributed by atoms with E-state index in [1.165, 1.54) is 122 Å². The van der Waals surface area contributed by atoms with Crippen molar-refractivity contribution in [1.82, 2.24) is 4.90 Å². The van der Waals surface area contributed by atoms with E-state index in [1.807, 2.05) is 0 Å². The standard InChI is InChI=1S/C35H67NO2/c1-5-7-9-11-13-15-16-17-18-19-20-21-22-24-26-28-31-35(30-27-25-23-14-12-10-8-6-2)37-33-34(38-35)29-32-36(3)4/h13,15,17-18,34H,5-12,14,16,19-33H2,1-4H3/b15-13-,18-17-/t34?,35-/m0/s1. The highest BCUT2D eigenvalue weighted by molar-refractivity contribution is 4.92. The molecule has 0 aliphatic carbocycles. The maximum absolute atomic E-state index is 6.62. The van der Waals surface area contributed by atoms with Gasteiger partial charge in [-0.3, -0.25) is 0 Å². The Hall–Kier alpha value is -0.640. The Bertz CT molecular complexity index is 558. The van der Waals surface area contributed by atoms with E-state index in [0.29, 0.717) is 0 Å². The van der Waals surface area contributed by atoms with E-state index in [2.05, 4.69) is 57.1 Å². The Morgan fingerprint density at radius 3 is 1.66 bits per heavy atom. The van der Waals surface area contributed by atoms with Gasteiger partial charge < -0.3 is 14.4 Å². The molecule has 0 amide bonds. The van der Waals surface area contributed by atoms with Crippen molar-refractivity contribution in [3.8, 4) is 0 Å². The van der Waals surface area contributed by atoms with Crippen LogP contribution in [-0.2, 0) is 9.47 Å². The van der Waals surface area contributed by atoms with Crippen LogP contribution in [0, 0.1) is 0 Å². The molecule has 1 fully saturated rings. The molecule has 0 radical (unpaired) electrons. The molecule has 0 spiro atoms. The molecule has 1 saturated heterocycles. The number of ether oxygens (including phenoxy) is 2. The topological polar surface area (TPSA) is 21.7 Å². The molecule has 1 rings (SSSR count). The molecule has 2 atom stereocenters. The SMILES string of the molecule is CCCCC/C=C\C/C=C\CCCCCCCC[C@@]1(CCCCCCCCCC)OCC(CCN(C)C)O1. The molecule has 224 valence electrons. The second-order valence-electron chi connectivity index (χ2n) is 12.1. The van der Waals surface area contributed by atoms with Crippen molar-refractivity contribution in [2.45, 2.75) is 173 Å². The van der Waals surface area contributed by atoms with E-state index in [0.717, 1.165) is 38.8 Å². The monoisotopic (exact) mass is 534 g/mol. The van der Waals surface area contributed by atoms with Crippen molar-refractivity contribution < 1.29 is 9.47 Å². The fourth-order valence-electron chi connectivity index (χ4n) is 5.46. The van der Waals surface area contributed by atoms with Crippen molar-refractivity contribution in [2.75, 3.05) is 27.2 Å². The van der Waals surface area contributed by atoms with E-state index < -0.39 is 0 Å². The van der Waals surface area contributed by atoms with E-state index >= 15 is 0 Å². The van der Waals surface area contributed by atoms with Crippen LogP contribution in [0.3, 0.4) is 0 Å². The molecule has 0 aromatic rings. The first-order chi connectivity index (χ1) is 18.6. The number of hydrogen-bond donors (Lipinski definition) is 0. The molecule has 1 aliphatic heterocycles. The lowest BCUT2D eigenvalue weighted by molar-refractivity contribution is -0.180. The van der Waals surface area contributed by atoms with Crippen molar-refractivity contribution in [2.24, 2.45) is 0 Å². The van der Waals surface area contributed by atoms with Crippen LogP contribution in [0.5, 0.6) is 0 Å². The fourth-order valence-corrected chi connectivity index (χ4v) is 5.46. The van der Waals surface area contributed by atoms with Gasteiger partial charge in [0.25, 0.3) is 0 Å². The molecule has 1 aliphatic rings. The molecule has 1 unspecified atom stereocenters. The summed E-state index contributed by atoms with van der Waals surface area (Å²) >= 11 is 0. The molecule has 0 aromatic carbocycles. The molecule has 0 bridgehead atoms. The van der Waals surface area contributed by atoms with Crippen LogP contribution in [0.15, 0.2) is 24.3 Å². The number of unbranched alkanes of at least 4 members (excludes halogenated alkanes) is 16. The summed E-state index contributed by atoms with van der Waals surface area (Å²) in [4.78, 5) is 2.25. The van der Waals surface area contributed by atoms with Gasteiger partial charge in [-0.25, -0.2) is 0 Å². The van der Waals surface area contributed by atoms with Crippen LogP contribution in [0.25, 0.3) is 0 Å². The minimum Gasteiger partial charge on any atom is -0.347 e. The zero-order chi connectivity index (χ0) is 27.6. The average molecular weight is 534 g/mol. The molecule has 1 heterocycles. The van der Waals surface area contributed by atoms with Crippen molar-refractivity contribution in [3.05, 3.63) is 24.3 Å². The summed E-state index contributed by atoms with van der Waals surface area (Å²) in [5.41, 5.74) is 0. The zero-order valence-electron chi connectivity index (χ0n) is 26.3. The van der Waals surface area contributed by atoms with Crippen LogP contribution >= 0.6 is 0 Å². The third-order valence-corrected chi connectivity index (χ3v) is 7.98. The summed E-state index contributed by atoms with van der Waals surface area (Å²) in [6, 6.07) is 0. The summed E-state index contributed by atoms with van der Waals surface area (Å²) < 4.78 is 13.0. The molecule has 0 aromatic heterocycles. The largest absolute Gasteiger partial charge is 0.347 e. The van der Waals surface area contributed by atoms with Crippen LogP contribution in [0.4, 0.5) is 0 Å². The average Bonchev–Trinajstić information content (AvgIpc) is 3.32. The summed E-state index contributed by atoms with van der Waals surface area (Å²) in [6.45, 7) is 6.42. The first kappa shape index (κ1) is 35.4. The Kier molecular flexibility index (Phi) is 23.6. The summed E-state index contributed by atoms with van der Waals surface area (Å²) in [5, 5.41) is 0. The Morgan fingerprint density at radius 1 is 0.632 bits per heavy atom. The highest BCUT2D eigenvalue weighted by atomic mass is 16.7.